The summed E-state index contributed by atoms with van der Waals surface area (Å²) in [5.41, 5.74) is 3.18. The lowest BCUT2D eigenvalue weighted by molar-refractivity contribution is 0.720. The molecule has 3 aromatic rings. The number of rotatable bonds is 3. The minimum atomic E-state index is -0.411. The van der Waals surface area contributed by atoms with E-state index in [9.17, 15) is 9.59 Å². The zero-order chi connectivity index (χ0) is 16.2. The first-order chi connectivity index (χ1) is 11.2. The maximum atomic E-state index is 11.7. The van der Waals surface area contributed by atoms with E-state index in [1.165, 1.54) is 16.8 Å². The number of hydrogen-bond donors (Lipinski definition) is 1. The fourth-order valence-electron chi connectivity index (χ4n) is 2.33. The van der Waals surface area contributed by atoms with Gasteiger partial charge < -0.3 is 0 Å². The fourth-order valence-corrected chi connectivity index (χ4v) is 2.33. The van der Waals surface area contributed by atoms with Crippen LogP contribution in [0.1, 0.15) is 11.1 Å². The van der Waals surface area contributed by atoms with Crippen LogP contribution in [-0.4, -0.2) is 9.55 Å². The molecular weight excluding hydrogens is 288 g/mol. The Bertz CT molecular complexity index is 972. The quantitative estimate of drug-likeness (QED) is 0.754. The molecule has 4 heteroatoms. The monoisotopic (exact) mass is 302 g/mol. The van der Waals surface area contributed by atoms with Gasteiger partial charge in [0.05, 0.1) is 6.54 Å². The Morgan fingerprint density at radius 1 is 0.913 bits per heavy atom. The van der Waals surface area contributed by atoms with Crippen LogP contribution in [0.4, 0.5) is 0 Å². The summed E-state index contributed by atoms with van der Waals surface area (Å²) in [5, 5.41) is 0. The van der Waals surface area contributed by atoms with Gasteiger partial charge in [-0.05, 0) is 28.8 Å². The zero-order valence-electron chi connectivity index (χ0n) is 12.3. The van der Waals surface area contributed by atoms with Gasteiger partial charge in [0.15, 0.2) is 0 Å². The van der Waals surface area contributed by atoms with Crippen LogP contribution in [0.3, 0.4) is 0 Å². The Kier molecular flexibility index (Phi) is 3.94. The van der Waals surface area contributed by atoms with Crippen LogP contribution < -0.4 is 11.2 Å². The van der Waals surface area contributed by atoms with Gasteiger partial charge in [0.1, 0.15) is 0 Å². The summed E-state index contributed by atoms with van der Waals surface area (Å²) in [6, 6.07) is 17.0. The molecule has 0 atom stereocenters. The Balaban J connectivity index is 1.82. The molecule has 1 heterocycles. The molecule has 112 valence electrons. The smallest absolute Gasteiger partial charge is 0.296 e. The summed E-state index contributed by atoms with van der Waals surface area (Å²) in [6.45, 7) is 0.409. The number of hydrogen-bond acceptors (Lipinski definition) is 2. The normalized spacial score (nSPS) is 10.2. The van der Waals surface area contributed by atoms with E-state index in [2.05, 4.69) is 10.9 Å². The van der Waals surface area contributed by atoms with Crippen LogP contribution in [0.25, 0.3) is 11.1 Å². The molecule has 3 rings (SSSR count). The number of nitrogens with zero attached hydrogens (tertiary/aromatic N) is 1. The van der Waals surface area contributed by atoms with Gasteiger partial charge in [0.25, 0.3) is 5.56 Å². The molecule has 2 aromatic carbocycles. The molecule has 23 heavy (non-hydrogen) atoms. The molecule has 0 saturated heterocycles. The average molecular weight is 302 g/mol. The highest BCUT2D eigenvalue weighted by Crippen LogP contribution is 2.20. The molecule has 0 radical (unpaired) electrons. The highest BCUT2D eigenvalue weighted by atomic mass is 16.2. The highest BCUT2D eigenvalue weighted by molar-refractivity contribution is 5.64. The number of H-pyrrole nitrogens is 1. The predicted molar refractivity (Wildman–Crippen MR) is 90.2 cm³/mol. The molecule has 0 fully saturated rings. The maximum absolute atomic E-state index is 11.7. The second-order valence-electron chi connectivity index (χ2n) is 5.16. The first kappa shape index (κ1) is 14.6. The van der Waals surface area contributed by atoms with E-state index in [4.69, 9.17) is 6.42 Å². The van der Waals surface area contributed by atoms with E-state index in [-0.39, 0.29) is 0 Å². The van der Waals surface area contributed by atoms with Crippen LogP contribution in [-0.2, 0) is 6.54 Å². The molecule has 0 aliphatic carbocycles. The molecule has 0 saturated carbocycles. The van der Waals surface area contributed by atoms with Crippen molar-refractivity contribution in [1.29, 1.82) is 0 Å². The van der Waals surface area contributed by atoms with Crippen molar-refractivity contribution >= 4 is 0 Å². The SMILES string of the molecule is C#Cc1ccc(-c2ccc(Cn3ccc(=O)[nH]c3=O)cc2)cc1. The third kappa shape index (κ3) is 3.30. The number of terminal acetylenes is 1. The van der Waals surface area contributed by atoms with Crippen LogP contribution in [0.15, 0.2) is 70.4 Å². The van der Waals surface area contributed by atoms with E-state index >= 15 is 0 Å². The van der Waals surface area contributed by atoms with Gasteiger partial charge in [-0.1, -0.05) is 42.3 Å². The molecule has 1 aromatic heterocycles. The van der Waals surface area contributed by atoms with Gasteiger partial charge in [-0.3, -0.25) is 14.3 Å². The van der Waals surface area contributed by atoms with E-state index in [1.54, 1.807) is 0 Å². The molecule has 0 spiro atoms. The third-order valence-corrected chi connectivity index (χ3v) is 3.59. The van der Waals surface area contributed by atoms with E-state index < -0.39 is 11.2 Å². The zero-order valence-corrected chi connectivity index (χ0v) is 12.3. The Morgan fingerprint density at radius 3 is 2.09 bits per heavy atom. The lowest BCUT2D eigenvalue weighted by atomic mass is 10.0. The van der Waals surface area contributed by atoms with Crippen molar-refractivity contribution < 1.29 is 0 Å². The van der Waals surface area contributed by atoms with Gasteiger partial charge in [-0.25, -0.2) is 4.79 Å². The van der Waals surface area contributed by atoms with E-state index in [1.807, 2.05) is 48.5 Å². The van der Waals surface area contributed by atoms with Gasteiger partial charge in [0, 0.05) is 17.8 Å². The summed E-state index contributed by atoms with van der Waals surface area (Å²) in [5.74, 6) is 2.59. The van der Waals surface area contributed by atoms with Gasteiger partial charge >= 0.3 is 5.69 Å². The van der Waals surface area contributed by atoms with E-state index in [0.29, 0.717) is 6.54 Å². The van der Waals surface area contributed by atoms with Crippen LogP contribution >= 0.6 is 0 Å². The molecular formula is C19H14N2O2. The van der Waals surface area contributed by atoms with Gasteiger partial charge in [-0.15, -0.1) is 6.42 Å². The molecule has 0 unspecified atom stereocenters. The molecule has 0 bridgehead atoms. The molecule has 0 aliphatic rings. The molecule has 0 aliphatic heterocycles. The van der Waals surface area contributed by atoms with Crippen LogP contribution in [0, 0.1) is 12.3 Å². The summed E-state index contributed by atoms with van der Waals surface area (Å²) < 4.78 is 1.46. The number of aromatic nitrogens is 2. The standard InChI is InChI=1S/C19H14N2O2/c1-2-14-3-7-16(8-4-14)17-9-5-15(6-10-17)13-21-12-11-18(22)20-19(21)23/h1,3-12H,13H2,(H,20,22,23). The Labute approximate surface area is 133 Å². The topological polar surface area (TPSA) is 54.9 Å². The van der Waals surface area contributed by atoms with E-state index in [0.717, 1.165) is 22.3 Å². The minimum Gasteiger partial charge on any atom is -0.296 e. The summed E-state index contributed by atoms with van der Waals surface area (Å²) in [6.07, 6.45) is 6.85. The second-order valence-corrected chi connectivity index (χ2v) is 5.16. The number of aromatic amines is 1. The van der Waals surface area contributed by atoms with Crippen molar-refractivity contribution in [2.75, 3.05) is 0 Å². The van der Waals surface area contributed by atoms with Gasteiger partial charge in [-0.2, -0.15) is 0 Å². The lowest BCUT2D eigenvalue weighted by Crippen LogP contribution is -2.28. The van der Waals surface area contributed by atoms with Crippen molar-refractivity contribution in [2.24, 2.45) is 0 Å². The molecule has 0 amide bonds. The van der Waals surface area contributed by atoms with Crippen molar-refractivity contribution in [3.05, 3.63) is 92.8 Å². The predicted octanol–water partition coefficient (Wildman–Crippen LogP) is 2.23. The number of benzene rings is 2. The Morgan fingerprint density at radius 2 is 1.52 bits per heavy atom. The third-order valence-electron chi connectivity index (χ3n) is 3.59. The van der Waals surface area contributed by atoms with Crippen molar-refractivity contribution in [3.63, 3.8) is 0 Å². The summed E-state index contributed by atoms with van der Waals surface area (Å²) >= 11 is 0. The first-order valence-corrected chi connectivity index (χ1v) is 7.11. The fraction of sp³-hybridized carbons (Fsp3) is 0.0526. The molecule has 4 nitrogen and oxygen atoms in total. The largest absolute Gasteiger partial charge is 0.328 e. The number of nitrogens with one attached hydrogen (secondary N) is 1. The minimum absolute atomic E-state index is 0.392. The van der Waals surface area contributed by atoms with Crippen LogP contribution in [0.2, 0.25) is 0 Å². The highest BCUT2D eigenvalue weighted by Gasteiger charge is 2.01. The summed E-state index contributed by atoms with van der Waals surface area (Å²) in [4.78, 5) is 25.0. The van der Waals surface area contributed by atoms with Crippen molar-refractivity contribution in [3.8, 4) is 23.5 Å². The van der Waals surface area contributed by atoms with Crippen molar-refractivity contribution in [2.45, 2.75) is 6.54 Å². The second kappa shape index (κ2) is 6.20. The maximum Gasteiger partial charge on any atom is 0.328 e. The Hall–Kier alpha value is -3.32. The first-order valence-electron chi connectivity index (χ1n) is 7.11. The average Bonchev–Trinajstić information content (AvgIpc) is 2.58. The summed E-state index contributed by atoms with van der Waals surface area (Å²) in [7, 11) is 0. The van der Waals surface area contributed by atoms with Crippen molar-refractivity contribution in [1.82, 2.24) is 9.55 Å². The van der Waals surface area contributed by atoms with Gasteiger partial charge in [0.2, 0.25) is 0 Å². The lowest BCUT2D eigenvalue weighted by Gasteiger charge is -2.07. The van der Waals surface area contributed by atoms with Crippen LogP contribution in [0.5, 0.6) is 0 Å². The molecule has 1 N–H and O–H groups in total.